The van der Waals surface area contributed by atoms with Crippen LogP contribution in [0.25, 0.3) is 0 Å². The van der Waals surface area contributed by atoms with E-state index in [9.17, 15) is 0 Å². The monoisotopic (exact) mass is 245 g/mol. The van der Waals surface area contributed by atoms with Gasteiger partial charge in [0, 0.05) is 6.54 Å². The fourth-order valence-corrected chi connectivity index (χ4v) is 4.86. The number of benzene rings is 1. The molecule has 3 atom stereocenters. The molecule has 0 bridgehead atoms. The second kappa shape index (κ2) is 4.10. The van der Waals surface area contributed by atoms with E-state index in [1.165, 1.54) is 6.42 Å². The minimum absolute atomic E-state index is 0.367. The first-order valence-corrected chi connectivity index (χ1v) is 7.66. The molecule has 2 aliphatic rings. The Kier molecular flexibility index (Phi) is 2.71. The van der Waals surface area contributed by atoms with Crippen molar-refractivity contribution in [1.29, 1.82) is 0 Å². The number of nitrogens with zero attached hydrogens (tertiary/aromatic N) is 1. The third kappa shape index (κ3) is 1.54. The molecule has 2 fully saturated rings. The van der Waals surface area contributed by atoms with Crippen LogP contribution in [0.4, 0.5) is 0 Å². The molecule has 0 saturated carbocycles. The summed E-state index contributed by atoms with van der Waals surface area (Å²) in [5.41, 5.74) is 0.615. The molecule has 0 spiro atoms. The largest absolute Gasteiger partial charge is 0.318 e. The fraction of sp³-hybridized carbons (Fsp3) is 0.429. The van der Waals surface area contributed by atoms with Gasteiger partial charge in [0.25, 0.3) is 0 Å². The first kappa shape index (κ1) is 11.2. The summed E-state index contributed by atoms with van der Waals surface area (Å²) >= 11 is 0. The maximum Gasteiger partial charge on any atom is 0.174 e. The number of hydrogen-bond acceptors (Lipinski definition) is 2. The molecule has 0 aliphatic carbocycles. The highest BCUT2D eigenvalue weighted by Crippen LogP contribution is 2.60. The summed E-state index contributed by atoms with van der Waals surface area (Å²) in [7, 11) is -0.532. The Balaban J connectivity index is 2.07. The van der Waals surface area contributed by atoms with Gasteiger partial charge in [0.15, 0.2) is 5.60 Å². The summed E-state index contributed by atoms with van der Waals surface area (Å²) < 4.78 is 8.67. The summed E-state index contributed by atoms with van der Waals surface area (Å²) in [5, 5.41) is 0. The minimum Gasteiger partial charge on any atom is -0.318 e. The van der Waals surface area contributed by atoms with Gasteiger partial charge in [0.05, 0.1) is 6.04 Å². The standard InChI is InChI=1S/C14H16NOP/c1-3-14(12-8-5-4-6-9-12)13-10-7-11-15(13)17(2)16-14/h1,4-6,8-9,13H,7,10-11H2,2H3/t13-,14+,17?/m0/s1. The van der Waals surface area contributed by atoms with Gasteiger partial charge in [-0.1, -0.05) is 36.3 Å². The van der Waals surface area contributed by atoms with Crippen LogP contribution in [-0.2, 0) is 10.1 Å². The number of hydrogen-bond donors (Lipinski definition) is 0. The van der Waals surface area contributed by atoms with Gasteiger partial charge >= 0.3 is 0 Å². The van der Waals surface area contributed by atoms with Crippen LogP contribution >= 0.6 is 8.30 Å². The molecular weight excluding hydrogens is 229 g/mol. The van der Waals surface area contributed by atoms with Crippen molar-refractivity contribution in [2.24, 2.45) is 0 Å². The molecule has 88 valence electrons. The van der Waals surface area contributed by atoms with Crippen molar-refractivity contribution in [3.8, 4) is 12.3 Å². The van der Waals surface area contributed by atoms with Gasteiger partial charge in [-0.05, 0) is 25.1 Å². The lowest BCUT2D eigenvalue weighted by molar-refractivity contribution is 0.134. The zero-order valence-electron chi connectivity index (χ0n) is 9.97. The van der Waals surface area contributed by atoms with Crippen molar-refractivity contribution in [3.63, 3.8) is 0 Å². The number of rotatable bonds is 1. The predicted octanol–water partition coefficient (Wildman–Crippen LogP) is 2.95. The van der Waals surface area contributed by atoms with E-state index in [1.807, 2.05) is 18.2 Å². The van der Waals surface area contributed by atoms with Crippen molar-refractivity contribution in [3.05, 3.63) is 35.9 Å². The van der Waals surface area contributed by atoms with Crippen LogP contribution in [-0.4, -0.2) is 23.9 Å². The highest BCUT2D eigenvalue weighted by molar-refractivity contribution is 7.49. The second-order valence-electron chi connectivity index (χ2n) is 4.62. The van der Waals surface area contributed by atoms with Crippen LogP contribution in [0.3, 0.4) is 0 Å². The third-order valence-electron chi connectivity index (χ3n) is 3.75. The van der Waals surface area contributed by atoms with E-state index in [-0.39, 0.29) is 0 Å². The first-order chi connectivity index (χ1) is 8.28. The lowest BCUT2D eigenvalue weighted by atomic mass is 9.86. The molecule has 2 nitrogen and oxygen atoms in total. The normalized spacial score (nSPS) is 36.7. The molecule has 1 aromatic carbocycles. The average molecular weight is 245 g/mol. The summed E-state index contributed by atoms with van der Waals surface area (Å²) in [6.45, 7) is 3.29. The molecule has 0 aromatic heterocycles. The fourth-order valence-electron chi connectivity index (χ4n) is 2.96. The van der Waals surface area contributed by atoms with Gasteiger partial charge in [0.2, 0.25) is 0 Å². The van der Waals surface area contributed by atoms with Crippen LogP contribution in [0.15, 0.2) is 30.3 Å². The lowest BCUT2D eigenvalue weighted by Crippen LogP contribution is -2.38. The molecule has 0 radical (unpaired) electrons. The molecule has 0 amide bonds. The molecular formula is C14H16NOP. The maximum absolute atomic E-state index is 6.21. The van der Waals surface area contributed by atoms with E-state index < -0.39 is 13.9 Å². The summed E-state index contributed by atoms with van der Waals surface area (Å²) in [6.07, 6.45) is 8.21. The lowest BCUT2D eigenvalue weighted by Gasteiger charge is -2.28. The van der Waals surface area contributed by atoms with Crippen molar-refractivity contribution < 1.29 is 4.52 Å². The number of fused-ring (bicyclic) bond motifs is 1. The Hall–Kier alpha value is -0.870. The summed E-state index contributed by atoms with van der Waals surface area (Å²) in [6, 6.07) is 10.6. The minimum atomic E-state index is -0.532. The van der Waals surface area contributed by atoms with Gasteiger partial charge in [-0.15, -0.1) is 6.42 Å². The molecule has 2 saturated heterocycles. The van der Waals surface area contributed by atoms with Crippen LogP contribution in [0, 0.1) is 12.3 Å². The zero-order chi connectivity index (χ0) is 11.9. The average Bonchev–Trinajstić information content (AvgIpc) is 2.94. The van der Waals surface area contributed by atoms with Gasteiger partial charge in [0.1, 0.15) is 8.30 Å². The quantitative estimate of drug-likeness (QED) is 0.557. The molecule has 2 heterocycles. The van der Waals surface area contributed by atoms with Crippen molar-refractivity contribution in [2.75, 3.05) is 13.2 Å². The van der Waals surface area contributed by atoms with Crippen LogP contribution in [0.5, 0.6) is 0 Å². The molecule has 2 aliphatic heterocycles. The molecule has 3 heteroatoms. The molecule has 17 heavy (non-hydrogen) atoms. The van der Waals surface area contributed by atoms with Gasteiger partial charge in [-0.25, -0.2) is 0 Å². The topological polar surface area (TPSA) is 12.5 Å². The van der Waals surface area contributed by atoms with Crippen molar-refractivity contribution in [1.82, 2.24) is 4.67 Å². The molecule has 0 N–H and O–H groups in total. The van der Waals surface area contributed by atoms with E-state index >= 15 is 0 Å². The Morgan fingerprint density at radius 1 is 1.47 bits per heavy atom. The Labute approximate surface area is 104 Å². The summed E-state index contributed by atoms with van der Waals surface area (Å²) in [5.74, 6) is 2.95. The van der Waals surface area contributed by atoms with Gasteiger partial charge in [-0.3, -0.25) is 4.67 Å². The predicted molar refractivity (Wildman–Crippen MR) is 70.6 cm³/mol. The van der Waals surface area contributed by atoms with E-state index in [0.29, 0.717) is 6.04 Å². The molecule has 1 aromatic rings. The first-order valence-electron chi connectivity index (χ1n) is 6.00. The van der Waals surface area contributed by atoms with E-state index in [4.69, 9.17) is 10.9 Å². The van der Waals surface area contributed by atoms with E-state index in [2.05, 4.69) is 29.4 Å². The van der Waals surface area contributed by atoms with Crippen LogP contribution < -0.4 is 0 Å². The Morgan fingerprint density at radius 2 is 2.24 bits per heavy atom. The molecule has 1 unspecified atom stereocenters. The smallest absolute Gasteiger partial charge is 0.174 e. The maximum atomic E-state index is 6.21. The number of terminal acetylenes is 1. The van der Waals surface area contributed by atoms with Crippen LogP contribution in [0.1, 0.15) is 18.4 Å². The highest BCUT2D eigenvalue weighted by atomic mass is 31.2. The van der Waals surface area contributed by atoms with Crippen molar-refractivity contribution in [2.45, 2.75) is 24.5 Å². The second-order valence-corrected chi connectivity index (χ2v) is 6.25. The van der Waals surface area contributed by atoms with Gasteiger partial charge < -0.3 is 4.52 Å². The van der Waals surface area contributed by atoms with Crippen LogP contribution in [0.2, 0.25) is 0 Å². The third-order valence-corrected chi connectivity index (χ3v) is 5.50. The van der Waals surface area contributed by atoms with E-state index in [1.54, 1.807) is 0 Å². The zero-order valence-corrected chi connectivity index (χ0v) is 10.9. The summed E-state index contributed by atoms with van der Waals surface area (Å²) in [4.78, 5) is 0. The molecule has 3 rings (SSSR count). The Bertz CT molecular complexity index is 455. The van der Waals surface area contributed by atoms with Gasteiger partial charge in [-0.2, -0.15) is 0 Å². The highest BCUT2D eigenvalue weighted by Gasteiger charge is 2.54. The SMILES string of the molecule is C#C[C@]1(c2ccccc2)OP(C)N2CCC[C@H]21. The van der Waals surface area contributed by atoms with E-state index in [0.717, 1.165) is 18.5 Å². The Morgan fingerprint density at radius 3 is 2.94 bits per heavy atom. The van der Waals surface area contributed by atoms with Crippen molar-refractivity contribution >= 4 is 8.30 Å².